The lowest BCUT2D eigenvalue weighted by atomic mass is 9.95. The number of H-pyrrole nitrogens is 1. The van der Waals surface area contributed by atoms with E-state index in [1.165, 1.54) is 44.4 Å². The average molecular weight is 334 g/mol. The summed E-state index contributed by atoms with van der Waals surface area (Å²) in [4.78, 5) is 11.6. The molecule has 0 bridgehead atoms. The van der Waals surface area contributed by atoms with Crippen LogP contribution in [0.2, 0.25) is 0 Å². The van der Waals surface area contributed by atoms with Gasteiger partial charge in [0.2, 0.25) is 0 Å². The van der Waals surface area contributed by atoms with Crippen molar-refractivity contribution in [3.05, 3.63) is 53.9 Å². The van der Waals surface area contributed by atoms with Crippen LogP contribution >= 0.6 is 0 Å². The molecule has 126 valence electrons. The molecular formula is C20H19FN4. The lowest BCUT2D eigenvalue weighted by Gasteiger charge is -2.24. The minimum absolute atomic E-state index is 0.361. The highest BCUT2D eigenvalue weighted by atomic mass is 19.1. The van der Waals surface area contributed by atoms with Gasteiger partial charge in [-0.1, -0.05) is 25.2 Å². The fourth-order valence-electron chi connectivity index (χ4n) is 3.29. The Morgan fingerprint density at radius 3 is 2.72 bits per heavy atom. The molecule has 2 N–H and O–H groups in total. The normalized spacial score (nSPS) is 14.9. The molecule has 0 saturated heterocycles. The maximum Gasteiger partial charge on any atom is 0.141 e. The summed E-state index contributed by atoms with van der Waals surface area (Å²) in [5, 5.41) is 4.73. The molecule has 0 amide bonds. The summed E-state index contributed by atoms with van der Waals surface area (Å²) in [5.74, 6) is 5.79. The molecule has 4 rings (SSSR count). The van der Waals surface area contributed by atoms with Gasteiger partial charge in [0.15, 0.2) is 0 Å². The third kappa shape index (κ3) is 3.48. The van der Waals surface area contributed by atoms with Gasteiger partial charge in [-0.2, -0.15) is 0 Å². The van der Waals surface area contributed by atoms with E-state index in [9.17, 15) is 4.39 Å². The van der Waals surface area contributed by atoms with Gasteiger partial charge in [-0.3, -0.25) is 0 Å². The highest BCUT2D eigenvalue weighted by molar-refractivity contribution is 5.92. The second kappa shape index (κ2) is 6.94. The zero-order valence-electron chi connectivity index (χ0n) is 13.8. The Balaban J connectivity index is 1.70. The summed E-state index contributed by atoms with van der Waals surface area (Å²) >= 11 is 0. The topological polar surface area (TPSA) is 53.6 Å². The maximum absolute atomic E-state index is 13.0. The van der Waals surface area contributed by atoms with Gasteiger partial charge in [-0.05, 0) is 37.0 Å². The van der Waals surface area contributed by atoms with Crippen LogP contribution in [0.25, 0.3) is 11.0 Å². The summed E-state index contributed by atoms with van der Waals surface area (Å²) in [7, 11) is 0. The summed E-state index contributed by atoms with van der Waals surface area (Å²) in [6.07, 6.45) is 11.1. The van der Waals surface area contributed by atoms with Crippen molar-refractivity contribution < 1.29 is 4.39 Å². The molecule has 0 unspecified atom stereocenters. The first-order valence-electron chi connectivity index (χ1n) is 8.66. The van der Waals surface area contributed by atoms with Crippen LogP contribution in [0.3, 0.4) is 0 Å². The number of hydrogen-bond acceptors (Lipinski definition) is 3. The van der Waals surface area contributed by atoms with Gasteiger partial charge in [0.25, 0.3) is 0 Å². The first-order chi connectivity index (χ1) is 12.3. The van der Waals surface area contributed by atoms with Gasteiger partial charge in [0, 0.05) is 23.8 Å². The van der Waals surface area contributed by atoms with Crippen molar-refractivity contribution in [3.63, 3.8) is 0 Å². The molecule has 1 fully saturated rings. The van der Waals surface area contributed by atoms with E-state index in [4.69, 9.17) is 0 Å². The molecule has 1 aliphatic carbocycles. The molecule has 3 aromatic rings. The molecule has 4 nitrogen and oxygen atoms in total. The Hall–Kier alpha value is -2.87. The van der Waals surface area contributed by atoms with Crippen LogP contribution in [-0.4, -0.2) is 21.0 Å². The number of nitrogens with one attached hydrogen (secondary N) is 2. The zero-order chi connectivity index (χ0) is 17.1. The predicted octanol–water partition coefficient (Wildman–Crippen LogP) is 4.24. The van der Waals surface area contributed by atoms with E-state index in [-0.39, 0.29) is 5.82 Å². The van der Waals surface area contributed by atoms with E-state index in [1.54, 1.807) is 12.3 Å². The van der Waals surface area contributed by atoms with Gasteiger partial charge >= 0.3 is 0 Å². The van der Waals surface area contributed by atoms with Crippen molar-refractivity contribution in [2.75, 3.05) is 5.32 Å². The molecule has 3 heterocycles. The number of nitrogens with zero attached hydrogens (tertiary/aromatic N) is 2. The van der Waals surface area contributed by atoms with E-state index < -0.39 is 0 Å². The maximum atomic E-state index is 13.0. The van der Waals surface area contributed by atoms with Crippen LogP contribution in [0, 0.1) is 17.7 Å². The lowest BCUT2D eigenvalue weighted by Crippen LogP contribution is -2.22. The van der Waals surface area contributed by atoms with E-state index in [0.29, 0.717) is 11.7 Å². The molecule has 0 radical (unpaired) electrons. The van der Waals surface area contributed by atoms with E-state index >= 15 is 0 Å². The fraction of sp³-hybridized carbons (Fsp3) is 0.300. The highest BCUT2D eigenvalue weighted by Crippen LogP contribution is 2.29. The van der Waals surface area contributed by atoms with Crippen molar-refractivity contribution in [3.8, 4) is 11.8 Å². The molecule has 25 heavy (non-hydrogen) atoms. The first-order valence-corrected chi connectivity index (χ1v) is 8.66. The SMILES string of the molecule is Fc1ccc(C#Cc2cnc3[nH]ccc3c2NC2CCCCC2)nc1. The summed E-state index contributed by atoms with van der Waals surface area (Å²) < 4.78 is 13.0. The second-order valence-electron chi connectivity index (χ2n) is 6.38. The van der Waals surface area contributed by atoms with Gasteiger partial charge in [0.05, 0.1) is 17.4 Å². The third-order valence-electron chi connectivity index (χ3n) is 4.59. The van der Waals surface area contributed by atoms with Crippen molar-refractivity contribution in [1.29, 1.82) is 0 Å². The monoisotopic (exact) mass is 334 g/mol. The van der Waals surface area contributed by atoms with Gasteiger partial charge < -0.3 is 10.3 Å². The Bertz CT molecular complexity index is 928. The van der Waals surface area contributed by atoms with Gasteiger partial charge in [0.1, 0.15) is 17.2 Å². The number of aromatic amines is 1. The van der Waals surface area contributed by atoms with Crippen LogP contribution in [-0.2, 0) is 0 Å². The largest absolute Gasteiger partial charge is 0.381 e. The average Bonchev–Trinajstić information content (AvgIpc) is 3.12. The van der Waals surface area contributed by atoms with Crippen molar-refractivity contribution in [2.24, 2.45) is 0 Å². The summed E-state index contributed by atoms with van der Waals surface area (Å²) in [6.45, 7) is 0. The van der Waals surface area contributed by atoms with Crippen LogP contribution in [0.5, 0.6) is 0 Å². The van der Waals surface area contributed by atoms with Gasteiger partial charge in [-0.25, -0.2) is 14.4 Å². The Labute approximate surface area is 145 Å². The van der Waals surface area contributed by atoms with Crippen LogP contribution in [0.4, 0.5) is 10.1 Å². The number of rotatable bonds is 2. The molecule has 0 atom stereocenters. The quantitative estimate of drug-likeness (QED) is 0.689. The standard InChI is InChI=1S/C20H19FN4/c21-15-7-9-16(23-13-15)8-6-14-12-24-20-18(10-11-22-20)19(14)25-17-4-2-1-3-5-17/h7,9-13,17H,1-5H2,(H2,22,24,25). The number of hydrogen-bond donors (Lipinski definition) is 2. The molecule has 5 heteroatoms. The van der Waals surface area contributed by atoms with Gasteiger partial charge in [-0.15, -0.1) is 0 Å². The van der Waals surface area contributed by atoms with E-state index in [1.807, 2.05) is 12.3 Å². The molecule has 3 aromatic heterocycles. The minimum Gasteiger partial charge on any atom is -0.381 e. The molecule has 0 spiro atoms. The van der Waals surface area contributed by atoms with Crippen molar-refractivity contribution in [1.82, 2.24) is 15.0 Å². The number of fused-ring (bicyclic) bond motifs is 1. The third-order valence-corrected chi connectivity index (χ3v) is 4.59. The molecule has 0 aromatic carbocycles. The Morgan fingerprint density at radius 2 is 1.92 bits per heavy atom. The van der Waals surface area contributed by atoms with Crippen molar-refractivity contribution >= 4 is 16.7 Å². The fourth-order valence-corrected chi connectivity index (χ4v) is 3.29. The van der Waals surface area contributed by atoms with Crippen LogP contribution in [0.15, 0.2) is 36.8 Å². The molecular weight excluding hydrogens is 315 g/mol. The Morgan fingerprint density at radius 1 is 1.04 bits per heavy atom. The summed E-state index contributed by atoms with van der Waals surface area (Å²) in [6, 6.07) is 5.44. The number of aromatic nitrogens is 3. The molecule has 0 aliphatic heterocycles. The van der Waals surface area contributed by atoms with Crippen molar-refractivity contribution in [2.45, 2.75) is 38.1 Å². The van der Waals surface area contributed by atoms with Crippen LogP contribution < -0.4 is 5.32 Å². The second-order valence-corrected chi connectivity index (χ2v) is 6.38. The minimum atomic E-state index is -0.361. The van der Waals surface area contributed by atoms with E-state index in [0.717, 1.165) is 22.3 Å². The summed E-state index contributed by atoms with van der Waals surface area (Å²) in [5.41, 5.74) is 3.25. The predicted molar refractivity (Wildman–Crippen MR) is 96.8 cm³/mol. The molecule has 1 saturated carbocycles. The Kier molecular flexibility index (Phi) is 4.34. The zero-order valence-corrected chi connectivity index (χ0v) is 13.8. The van der Waals surface area contributed by atoms with Crippen LogP contribution in [0.1, 0.15) is 43.4 Å². The smallest absolute Gasteiger partial charge is 0.141 e. The molecule has 1 aliphatic rings. The number of anilines is 1. The highest BCUT2D eigenvalue weighted by Gasteiger charge is 2.16. The van der Waals surface area contributed by atoms with E-state index in [2.05, 4.69) is 32.1 Å². The lowest BCUT2D eigenvalue weighted by molar-refractivity contribution is 0.463. The number of pyridine rings is 2. The number of halogens is 1. The first kappa shape index (κ1) is 15.6.